The van der Waals surface area contributed by atoms with Crippen LogP contribution in [0.1, 0.15) is 25.3 Å². The molecule has 1 fully saturated rings. The summed E-state index contributed by atoms with van der Waals surface area (Å²) in [6.45, 7) is 5.49. The predicted octanol–water partition coefficient (Wildman–Crippen LogP) is 1.87. The van der Waals surface area contributed by atoms with E-state index in [2.05, 4.69) is 11.8 Å². The van der Waals surface area contributed by atoms with E-state index in [0.29, 0.717) is 0 Å². The Labute approximate surface area is 90.7 Å². The van der Waals surface area contributed by atoms with Crippen molar-refractivity contribution in [3.63, 3.8) is 0 Å². The molecule has 0 amide bonds. The Bertz CT molecular complexity index is 297. The molecule has 2 heterocycles. The molecule has 1 atom stereocenters. The van der Waals surface area contributed by atoms with Gasteiger partial charge in [-0.1, -0.05) is 6.92 Å². The van der Waals surface area contributed by atoms with E-state index >= 15 is 0 Å². The second-order valence-corrected chi connectivity index (χ2v) is 4.91. The standard InChI is InChI=1S/C12H19NO2/c1-12(10-14)4-2-5-13(9-12)7-11-3-6-15-8-11/h3,6,8,14H,2,4-5,7,9-10H2,1H3. The van der Waals surface area contributed by atoms with Crippen LogP contribution in [0.4, 0.5) is 0 Å². The van der Waals surface area contributed by atoms with Gasteiger partial charge in [-0.05, 0) is 25.5 Å². The summed E-state index contributed by atoms with van der Waals surface area (Å²) < 4.78 is 5.06. The van der Waals surface area contributed by atoms with Crippen molar-refractivity contribution in [2.45, 2.75) is 26.3 Å². The van der Waals surface area contributed by atoms with Crippen molar-refractivity contribution in [1.29, 1.82) is 0 Å². The largest absolute Gasteiger partial charge is 0.472 e. The van der Waals surface area contributed by atoms with Crippen LogP contribution in [-0.2, 0) is 6.54 Å². The minimum Gasteiger partial charge on any atom is -0.472 e. The van der Waals surface area contributed by atoms with Gasteiger partial charge < -0.3 is 9.52 Å². The zero-order valence-corrected chi connectivity index (χ0v) is 9.28. The van der Waals surface area contributed by atoms with Crippen molar-refractivity contribution in [2.75, 3.05) is 19.7 Å². The molecule has 0 spiro atoms. The SMILES string of the molecule is CC1(CO)CCCN(Cc2ccoc2)C1. The molecule has 84 valence electrons. The van der Waals surface area contributed by atoms with Crippen molar-refractivity contribution in [3.8, 4) is 0 Å². The fourth-order valence-electron chi connectivity index (χ4n) is 2.33. The summed E-state index contributed by atoms with van der Waals surface area (Å²) in [5.74, 6) is 0. The molecule has 15 heavy (non-hydrogen) atoms. The Hall–Kier alpha value is -0.800. The molecule has 3 heteroatoms. The van der Waals surface area contributed by atoms with E-state index in [1.165, 1.54) is 12.0 Å². The smallest absolute Gasteiger partial charge is 0.0947 e. The summed E-state index contributed by atoms with van der Waals surface area (Å²) in [5.41, 5.74) is 1.30. The average molecular weight is 209 g/mol. The molecule has 0 aliphatic carbocycles. The summed E-state index contributed by atoms with van der Waals surface area (Å²) in [4.78, 5) is 2.39. The second kappa shape index (κ2) is 4.37. The summed E-state index contributed by atoms with van der Waals surface area (Å²) in [7, 11) is 0. The van der Waals surface area contributed by atoms with Gasteiger partial charge in [0.1, 0.15) is 0 Å². The fraction of sp³-hybridized carbons (Fsp3) is 0.667. The summed E-state index contributed by atoms with van der Waals surface area (Å²) in [6.07, 6.45) is 5.82. The summed E-state index contributed by atoms with van der Waals surface area (Å²) in [5, 5.41) is 9.35. The molecule has 0 aromatic carbocycles. The number of piperidine rings is 1. The Morgan fingerprint density at radius 3 is 3.13 bits per heavy atom. The number of likely N-dealkylation sites (tertiary alicyclic amines) is 1. The molecule has 0 radical (unpaired) electrons. The van der Waals surface area contributed by atoms with Crippen LogP contribution in [0.3, 0.4) is 0 Å². The first-order valence-electron chi connectivity index (χ1n) is 5.56. The molecular formula is C12H19NO2. The van der Waals surface area contributed by atoms with Crippen molar-refractivity contribution in [1.82, 2.24) is 4.90 Å². The van der Waals surface area contributed by atoms with Gasteiger partial charge in [0.15, 0.2) is 0 Å². The molecule has 0 bridgehead atoms. The number of rotatable bonds is 3. The number of furan rings is 1. The second-order valence-electron chi connectivity index (χ2n) is 4.91. The van der Waals surface area contributed by atoms with E-state index in [9.17, 15) is 5.11 Å². The Balaban J connectivity index is 1.93. The summed E-state index contributed by atoms with van der Waals surface area (Å²) >= 11 is 0. The van der Waals surface area contributed by atoms with Crippen molar-refractivity contribution in [3.05, 3.63) is 24.2 Å². The first kappa shape index (κ1) is 10.7. The van der Waals surface area contributed by atoms with Crippen LogP contribution in [0.25, 0.3) is 0 Å². The normalized spacial score (nSPS) is 28.1. The zero-order valence-electron chi connectivity index (χ0n) is 9.28. The number of aliphatic hydroxyl groups excluding tert-OH is 1. The van der Waals surface area contributed by atoms with Gasteiger partial charge >= 0.3 is 0 Å². The molecule has 0 saturated carbocycles. The molecule has 1 unspecified atom stereocenters. The van der Waals surface area contributed by atoms with Crippen molar-refractivity contribution in [2.24, 2.45) is 5.41 Å². The highest BCUT2D eigenvalue weighted by molar-refractivity contribution is 5.05. The van der Waals surface area contributed by atoms with Crippen molar-refractivity contribution >= 4 is 0 Å². The predicted molar refractivity (Wildman–Crippen MR) is 58.4 cm³/mol. The molecular weight excluding hydrogens is 190 g/mol. The van der Waals surface area contributed by atoms with Crippen LogP contribution in [0.2, 0.25) is 0 Å². The number of hydrogen-bond acceptors (Lipinski definition) is 3. The van der Waals surface area contributed by atoms with Gasteiger partial charge in [0.2, 0.25) is 0 Å². The highest BCUT2D eigenvalue weighted by Gasteiger charge is 2.30. The lowest BCUT2D eigenvalue weighted by Gasteiger charge is -2.39. The zero-order chi connectivity index (χ0) is 10.7. The lowest BCUT2D eigenvalue weighted by atomic mass is 9.83. The maximum atomic E-state index is 9.35. The van der Waals surface area contributed by atoms with Crippen LogP contribution < -0.4 is 0 Å². The minimum absolute atomic E-state index is 0.0853. The molecule has 2 rings (SSSR count). The average Bonchev–Trinajstić information content (AvgIpc) is 2.71. The first-order valence-corrected chi connectivity index (χ1v) is 5.56. The van der Waals surface area contributed by atoms with Gasteiger partial charge in [0.25, 0.3) is 0 Å². The monoisotopic (exact) mass is 209 g/mol. The van der Waals surface area contributed by atoms with Crippen LogP contribution in [0, 0.1) is 5.41 Å². The topological polar surface area (TPSA) is 36.6 Å². The maximum Gasteiger partial charge on any atom is 0.0947 e. The third kappa shape index (κ3) is 2.61. The van der Waals surface area contributed by atoms with Gasteiger partial charge in [0, 0.05) is 30.7 Å². The van der Waals surface area contributed by atoms with E-state index < -0.39 is 0 Å². The van der Waals surface area contributed by atoms with Gasteiger partial charge in [-0.25, -0.2) is 0 Å². The third-order valence-electron chi connectivity index (χ3n) is 3.23. The van der Waals surface area contributed by atoms with Gasteiger partial charge in [-0.3, -0.25) is 4.90 Å². The molecule has 1 aromatic rings. The molecule has 1 aliphatic heterocycles. The van der Waals surface area contributed by atoms with Crippen molar-refractivity contribution < 1.29 is 9.52 Å². The first-order chi connectivity index (χ1) is 7.22. The van der Waals surface area contributed by atoms with Gasteiger partial charge in [0.05, 0.1) is 12.5 Å². The van der Waals surface area contributed by atoms with Gasteiger partial charge in [-0.2, -0.15) is 0 Å². The molecule has 1 aromatic heterocycles. The third-order valence-corrected chi connectivity index (χ3v) is 3.23. The van der Waals surface area contributed by atoms with Gasteiger partial charge in [-0.15, -0.1) is 0 Å². The Morgan fingerprint density at radius 2 is 2.47 bits per heavy atom. The fourth-order valence-corrected chi connectivity index (χ4v) is 2.33. The molecule has 3 nitrogen and oxygen atoms in total. The quantitative estimate of drug-likeness (QED) is 0.825. The minimum atomic E-state index is 0.0853. The van der Waals surface area contributed by atoms with Crippen LogP contribution in [0.5, 0.6) is 0 Å². The Morgan fingerprint density at radius 1 is 1.60 bits per heavy atom. The van der Waals surface area contributed by atoms with E-state index in [1.54, 1.807) is 12.5 Å². The highest BCUT2D eigenvalue weighted by atomic mass is 16.3. The number of hydrogen-bond donors (Lipinski definition) is 1. The van der Waals surface area contributed by atoms with E-state index in [1.807, 2.05) is 6.07 Å². The van der Waals surface area contributed by atoms with Crippen LogP contribution in [0.15, 0.2) is 23.0 Å². The lowest BCUT2D eigenvalue weighted by Crippen LogP contribution is -2.43. The number of nitrogens with zero attached hydrogens (tertiary/aromatic N) is 1. The van der Waals surface area contributed by atoms with Crippen LogP contribution >= 0.6 is 0 Å². The van der Waals surface area contributed by atoms with Crippen LogP contribution in [-0.4, -0.2) is 29.7 Å². The number of aliphatic hydroxyl groups is 1. The lowest BCUT2D eigenvalue weighted by molar-refractivity contribution is 0.0428. The summed E-state index contributed by atoms with van der Waals surface area (Å²) in [6, 6.07) is 2.00. The van der Waals surface area contributed by atoms with E-state index in [-0.39, 0.29) is 12.0 Å². The highest BCUT2D eigenvalue weighted by Crippen LogP contribution is 2.29. The van der Waals surface area contributed by atoms with E-state index in [0.717, 1.165) is 26.1 Å². The molecule has 1 N–H and O–H groups in total. The maximum absolute atomic E-state index is 9.35. The van der Waals surface area contributed by atoms with E-state index in [4.69, 9.17) is 4.42 Å². The molecule has 1 saturated heterocycles. The molecule has 1 aliphatic rings. The Kier molecular flexibility index (Phi) is 3.12.